The van der Waals surface area contributed by atoms with Crippen LogP contribution in [0.2, 0.25) is 0 Å². The smallest absolute Gasteiger partial charge is 0.164 e. The summed E-state index contributed by atoms with van der Waals surface area (Å²) in [6.45, 7) is 0. The van der Waals surface area contributed by atoms with E-state index in [1.165, 1.54) is 31.3 Å². The summed E-state index contributed by atoms with van der Waals surface area (Å²) < 4.78 is 9.22. The number of anilines is 3. The van der Waals surface area contributed by atoms with Crippen LogP contribution in [0.15, 0.2) is 199 Å². The van der Waals surface area contributed by atoms with Crippen LogP contribution in [0, 0.1) is 0 Å². The molecule has 6 heteroatoms. The van der Waals surface area contributed by atoms with Crippen molar-refractivity contribution in [3.05, 3.63) is 194 Å². The number of rotatable bonds is 7. The van der Waals surface area contributed by atoms with Crippen LogP contribution in [-0.4, -0.2) is 15.0 Å². The van der Waals surface area contributed by atoms with Crippen molar-refractivity contribution in [3.8, 4) is 45.3 Å². The number of hydrogen-bond donors (Lipinski definition) is 0. The molecule has 5 nitrogen and oxygen atoms in total. The largest absolute Gasteiger partial charge is 0.456 e. The van der Waals surface area contributed by atoms with Gasteiger partial charge in [-0.2, -0.15) is 0 Å². The van der Waals surface area contributed by atoms with E-state index in [1.54, 1.807) is 0 Å². The molecule has 0 bridgehead atoms. The van der Waals surface area contributed by atoms with Gasteiger partial charge in [-0.05, 0) is 53.6 Å². The maximum Gasteiger partial charge on any atom is 0.164 e. The molecular weight excluding hydrogens is 717 g/mol. The molecular formula is C51H32N4OS. The minimum Gasteiger partial charge on any atom is -0.456 e. The molecule has 0 radical (unpaired) electrons. The highest BCUT2D eigenvalue weighted by Crippen LogP contribution is 2.46. The van der Waals surface area contributed by atoms with Crippen molar-refractivity contribution in [3.63, 3.8) is 0 Å². The molecule has 57 heavy (non-hydrogen) atoms. The van der Waals surface area contributed by atoms with Gasteiger partial charge in [0.2, 0.25) is 0 Å². The number of nitrogens with zero attached hydrogens (tertiary/aromatic N) is 4. The monoisotopic (exact) mass is 748 g/mol. The molecule has 0 aliphatic carbocycles. The highest BCUT2D eigenvalue weighted by molar-refractivity contribution is 7.26. The molecule has 0 amide bonds. The van der Waals surface area contributed by atoms with Crippen molar-refractivity contribution in [2.24, 2.45) is 0 Å². The third kappa shape index (κ3) is 5.82. The summed E-state index contributed by atoms with van der Waals surface area (Å²) in [5.41, 5.74) is 9.83. The Bertz CT molecular complexity index is 3170. The van der Waals surface area contributed by atoms with Gasteiger partial charge >= 0.3 is 0 Å². The number of furan rings is 1. The van der Waals surface area contributed by atoms with E-state index in [0.29, 0.717) is 17.5 Å². The van der Waals surface area contributed by atoms with Gasteiger partial charge in [0.25, 0.3) is 0 Å². The third-order valence-corrected chi connectivity index (χ3v) is 11.7. The molecule has 0 spiro atoms. The summed E-state index contributed by atoms with van der Waals surface area (Å²) in [4.78, 5) is 17.4. The standard InChI is InChI=1S/C51H32N4OS/c1-4-14-33(15-5-1)34-26-28-37(29-27-34)55(43-23-12-21-40-39-20-10-11-25-46(39)57-48(40)43)38-30-31-41-45(32-38)56-44-24-13-22-42(47(41)44)51-53-49(35-16-6-2-7-17-35)52-50(54-51)36-18-8-3-9-19-36/h1-32H. The predicted molar refractivity (Wildman–Crippen MR) is 236 cm³/mol. The fraction of sp³-hybridized carbons (Fsp3) is 0. The molecule has 0 saturated carbocycles. The Hall–Kier alpha value is -7.41. The van der Waals surface area contributed by atoms with Crippen LogP contribution in [-0.2, 0) is 0 Å². The van der Waals surface area contributed by atoms with Crippen molar-refractivity contribution >= 4 is 70.5 Å². The van der Waals surface area contributed by atoms with Crippen LogP contribution in [0.4, 0.5) is 17.1 Å². The molecule has 11 aromatic rings. The van der Waals surface area contributed by atoms with Crippen LogP contribution < -0.4 is 4.90 Å². The number of hydrogen-bond acceptors (Lipinski definition) is 6. The predicted octanol–water partition coefficient (Wildman–Crippen LogP) is 14.3. The number of aromatic nitrogens is 3. The summed E-state index contributed by atoms with van der Waals surface area (Å²) in [6.07, 6.45) is 0. The maximum atomic E-state index is 6.72. The minimum atomic E-state index is 0.594. The highest BCUT2D eigenvalue weighted by atomic mass is 32.1. The van der Waals surface area contributed by atoms with E-state index >= 15 is 0 Å². The van der Waals surface area contributed by atoms with Crippen LogP contribution in [0.1, 0.15) is 0 Å². The van der Waals surface area contributed by atoms with Gasteiger partial charge in [-0.1, -0.05) is 146 Å². The number of thiophene rings is 1. The van der Waals surface area contributed by atoms with E-state index in [9.17, 15) is 0 Å². The lowest BCUT2D eigenvalue weighted by molar-refractivity contribution is 0.669. The van der Waals surface area contributed by atoms with Crippen molar-refractivity contribution in [2.45, 2.75) is 0 Å². The fourth-order valence-corrected chi connectivity index (χ4v) is 9.04. The molecule has 0 atom stereocenters. The van der Waals surface area contributed by atoms with Gasteiger partial charge in [-0.15, -0.1) is 11.3 Å². The zero-order valence-electron chi connectivity index (χ0n) is 30.6. The zero-order chi connectivity index (χ0) is 37.7. The van der Waals surface area contributed by atoms with Gasteiger partial charge in [0.1, 0.15) is 11.2 Å². The molecule has 3 aromatic heterocycles. The molecule has 0 aliphatic rings. The summed E-state index contributed by atoms with van der Waals surface area (Å²) in [5, 5.41) is 4.47. The van der Waals surface area contributed by atoms with Crippen molar-refractivity contribution in [2.75, 3.05) is 4.90 Å². The second-order valence-corrected chi connectivity index (χ2v) is 15.1. The lowest BCUT2D eigenvalue weighted by Gasteiger charge is -2.26. The van der Waals surface area contributed by atoms with E-state index in [2.05, 4.69) is 126 Å². The van der Waals surface area contributed by atoms with Crippen molar-refractivity contribution < 1.29 is 4.42 Å². The van der Waals surface area contributed by atoms with Crippen LogP contribution in [0.3, 0.4) is 0 Å². The highest BCUT2D eigenvalue weighted by Gasteiger charge is 2.22. The molecule has 0 fully saturated rings. The van der Waals surface area contributed by atoms with E-state index in [0.717, 1.165) is 55.7 Å². The van der Waals surface area contributed by atoms with Crippen LogP contribution in [0.25, 0.3) is 87.4 Å². The van der Waals surface area contributed by atoms with E-state index in [4.69, 9.17) is 19.4 Å². The van der Waals surface area contributed by atoms with Gasteiger partial charge in [-0.25, -0.2) is 15.0 Å². The molecule has 0 saturated heterocycles. The molecule has 268 valence electrons. The molecule has 0 unspecified atom stereocenters. The maximum absolute atomic E-state index is 6.72. The van der Waals surface area contributed by atoms with Crippen LogP contribution in [0.5, 0.6) is 0 Å². The lowest BCUT2D eigenvalue weighted by Crippen LogP contribution is -2.10. The van der Waals surface area contributed by atoms with E-state index in [-0.39, 0.29) is 0 Å². The first-order valence-corrected chi connectivity index (χ1v) is 19.8. The number of benzene rings is 8. The number of fused-ring (bicyclic) bond motifs is 6. The average Bonchev–Trinajstić information content (AvgIpc) is 3.86. The van der Waals surface area contributed by atoms with Gasteiger partial charge in [0, 0.05) is 60.4 Å². The molecule has 3 heterocycles. The van der Waals surface area contributed by atoms with Gasteiger partial charge in [0.05, 0.1) is 10.4 Å². The Balaban J connectivity index is 1.09. The molecule has 8 aromatic carbocycles. The second-order valence-electron chi connectivity index (χ2n) is 14.0. The van der Waals surface area contributed by atoms with Gasteiger partial charge in [0.15, 0.2) is 17.5 Å². The Morgan fingerprint density at radius 2 is 0.982 bits per heavy atom. The Morgan fingerprint density at radius 1 is 0.404 bits per heavy atom. The third-order valence-electron chi connectivity index (χ3n) is 10.5. The first-order chi connectivity index (χ1) is 28.2. The summed E-state index contributed by atoms with van der Waals surface area (Å²) in [7, 11) is 0. The van der Waals surface area contributed by atoms with Gasteiger partial charge in [-0.3, -0.25) is 0 Å². The van der Waals surface area contributed by atoms with E-state index in [1.807, 2.05) is 84.1 Å². The Morgan fingerprint density at radius 3 is 1.70 bits per heavy atom. The topological polar surface area (TPSA) is 55.1 Å². The molecule has 0 N–H and O–H groups in total. The Labute approximate surface area is 332 Å². The molecule has 0 aliphatic heterocycles. The summed E-state index contributed by atoms with van der Waals surface area (Å²) in [5.74, 6) is 1.84. The lowest BCUT2D eigenvalue weighted by atomic mass is 10.0. The Kier molecular flexibility index (Phi) is 7.93. The van der Waals surface area contributed by atoms with E-state index < -0.39 is 0 Å². The molecule has 11 rings (SSSR count). The average molecular weight is 749 g/mol. The summed E-state index contributed by atoms with van der Waals surface area (Å²) in [6, 6.07) is 67.4. The minimum absolute atomic E-state index is 0.594. The second kappa shape index (κ2) is 13.7. The first kappa shape index (κ1) is 33.0. The SMILES string of the molecule is c1ccc(-c2ccc(N(c3ccc4c(c3)oc3cccc(-c5nc(-c6ccccc6)nc(-c6ccccc6)n5)c34)c3cccc4c3sc3ccccc34)cc2)cc1. The van der Waals surface area contributed by atoms with Crippen LogP contribution >= 0.6 is 11.3 Å². The fourth-order valence-electron chi connectivity index (χ4n) is 7.84. The van der Waals surface area contributed by atoms with Crippen molar-refractivity contribution in [1.29, 1.82) is 0 Å². The normalized spacial score (nSPS) is 11.5. The zero-order valence-corrected chi connectivity index (χ0v) is 31.4. The summed E-state index contributed by atoms with van der Waals surface area (Å²) >= 11 is 1.83. The quantitative estimate of drug-likeness (QED) is 0.162. The van der Waals surface area contributed by atoms with Crippen molar-refractivity contribution in [1.82, 2.24) is 15.0 Å². The van der Waals surface area contributed by atoms with Gasteiger partial charge < -0.3 is 9.32 Å². The first-order valence-electron chi connectivity index (χ1n) is 18.9.